The molecule has 0 saturated carbocycles. The van der Waals surface area contributed by atoms with Gasteiger partial charge >= 0.3 is 5.97 Å². The highest BCUT2D eigenvalue weighted by atomic mass is 16.4. The van der Waals surface area contributed by atoms with Gasteiger partial charge in [0, 0.05) is 18.5 Å². The number of amides is 1. The Morgan fingerprint density at radius 2 is 2.12 bits per heavy atom. The topological polar surface area (TPSA) is 66.4 Å². The third kappa shape index (κ3) is 5.15. The van der Waals surface area contributed by atoms with E-state index >= 15 is 0 Å². The van der Waals surface area contributed by atoms with Crippen LogP contribution in [0.25, 0.3) is 0 Å². The number of carboxylic acids is 1. The molecule has 0 saturated heterocycles. The highest BCUT2D eigenvalue weighted by molar-refractivity contribution is 5.96. The minimum absolute atomic E-state index is 0.0792. The molecule has 92 valence electrons. The quantitative estimate of drug-likeness (QED) is 0.714. The average Bonchev–Trinajstić information content (AvgIpc) is 2.49. The van der Waals surface area contributed by atoms with Crippen molar-refractivity contribution < 1.29 is 14.7 Å². The van der Waals surface area contributed by atoms with Gasteiger partial charge in [-0.05, 0) is 25.8 Å². The Morgan fingerprint density at radius 1 is 1.35 bits per heavy atom. The molecule has 2 N–H and O–H groups in total. The number of carbonyl (C=O) groups is 2. The Kier molecular flexibility index (Phi) is 5.20. The second kappa shape index (κ2) is 6.68. The predicted molar refractivity (Wildman–Crippen MR) is 65.5 cm³/mol. The molecule has 0 spiro atoms. The first kappa shape index (κ1) is 13.2. The van der Waals surface area contributed by atoms with Gasteiger partial charge < -0.3 is 10.4 Å². The van der Waals surface area contributed by atoms with Crippen LogP contribution < -0.4 is 5.32 Å². The summed E-state index contributed by atoms with van der Waals surface area (Å²) in [4.78, 5) is 22.0. The lowest BCUT2D eigenvalue weighted by Crippen LogP contribution is -2.25. The fraction of sp³-hybridized carbons (Fsp3) is 0.385. The Balaban J connectivity index is 2.36. The molecule has 4 heteroatoms. The summed E-state index contributed by atoms with van der Waals surface area (Å²) in [7, 11) is 0. The number of aliphatic carboxylic acids is 1. The van der Waals surface area contributed by atoms with E-state index < -0.39 is 5.97 Å². The minimum Gasteiger partial charge on any atom is -0.481 e. The van der Waals surface area contributed by atoms with Crippen molar-refractivity contribution in [1.29, 1.82) is 0 Å². The molecule has 1 aliphatic carbocycles. The van der Waals surface area contributed by atoms with Gasteiger partial charge in [0.05, 0.1) is 0 Å². The van der Waals surface area contributed by atoms with Crippen LogP contribution in [0.15, 0.2) is 35.5 Å². The number of hydrogen-bond acceptors (Lipinski definition) is 2. The zero-order chi connectivity index (χ0) is 12.7. The van der Waals surface area contributed by atoms with Crippen molar-refractivity contribution in [2.75, 3.05) is 6.54 Å². The maximum Gasteiger partial charge on any atom is 0.303 e. The largest absolute Gasteiger partial charge is 0.481 e. The van der Waals surface area contributed by atoms with Crippen LogP contribution in [0.3, 0.4) is 0 Å². The third-order valence-corrected chi connectivity index (χ3v) is 2.42. The van der Waals surface area contributed by atoms with E-state index in [1.54, 1.807) is 6.08 Å². The van der Waals surface area contributed by atoms with Gasteiger partial charge in [-0.3, -0.25) is 9.59 Å². The molecule has 1 aliphatic rings. The Hall–Kier alpha value is -1.84. The SMILES string of the molecule is CC1=CCC=C(C(=O)NCCCC(=O)O)C=C1. The van der Waals surface area contributed by atoms with Crippen molar-refractivity contribution in [3.05, 3.63) is 35.5 Å². The molecule has 4 nitrogen and oxygen atoms in total. The van der Waals surface area contributed by atoms with Gasteiger partial charge in [0.2, 0.25) is 0 Å². The number of allylic oxidation sites excluding steroid dienone is 4. The van der Waals surface area contributed by atoms with E-state index in [1.165, 1.54) is 0 Å². The van der Waals surface area contributed by atoms with E-state index in [2.05, 4.69) is 5.32 Å². The molecule has 0 bridgehead atoms. The van der Waals surface area contributed by atoms with Crippen LogP contribution in [0, 0.1) is 0 Å². The van der Waals surface area contributed by atoms with Gasteiger partial charge in [0.15, 0.2) is 0 Å². The van der Waals surface area contributed by atoms with Gasteiger partial charge in [-0.2, -0.15) is 0 Å². The maximum atomic E-state index is 11.7. The first-order valence-corrected chi connectivity index (χ1v) is 5.64. The van der Waals surface area contributed by atoms with E-state index in [-0.39, 0.29) is 12.3 Å². The molecule has 17 heavy (non-hydrogen) atoms. The van der Waals surface area contributed by atoms with Crippen LogP contribution in [0.5, 0.6) is 0 Å². The fourth-order valence-corrected chi connectivity index (χ4v) is 1.44. The molecule has 0 unspecified atom stereocenters. The average molecular weight is 235 g/mol. The van der Waals surface area contributed by atoms with Gasteiger partial charge in [0.25, 0.3) is 5.91 Å². The smallest absolute Gasteiger partial charge is 0.303 e. The molecule has 0 heterocycles. The summed E-state index contributed by atoms with van der Waals surface area (Å²) in [5, 5.41) is 11.2. The molecule has 1 rings (SSSR count). The summed E-state index contributed by atoms with van der Waals surface area (Å²) in [6, 6.07) is 0. The standard InChI is InChI=1S/C13H17NO3/c1-10-4-2-5-11(8-7-10)13(17)14-9-3-6-12(15)16/h4-5,7-8H,2-3,6,9H2,1H3,(H,14,17)(H,15,16). The van der Waals surface area contributed by atoms with E-state index in [0.717, 1.165) is 12.0 Å². The van der Waals surface area contributed by atoms with E-state index in [4.69, 9.17) is 5.11 Å². The van der Waals surface area contributed by atoms with E-state index in [9.17, 15) is 9.59 Å². The molecule has 0 aromatic heterocycles. The lowest BCUT2D eigenvalue weighted by Gasteiger charge is -2.04. The highest BCUT2D eigenvalue weighted by Crippen LogP contribution is 2.09. The Labute approximate surface area is 101 Å². The van der Waals surface area contributed by atoms with Crippen LogP contribution in [0.4, 0.5) is 0 Å². The lowest BCUT2D eigenvalue weighted by molar-refractivity contribution is -0.137. The van der Waals surface area contributed by atoms with Crippen LogP contribution in [0.2, 0.25) is 0 Å². The van der Waals surface area contributed by atoms with Crippen molar-refractivity contribution >= 4 is 11.9 Å². The normalized spacial score (nSPS) is 14.6. The van der Waals surface area contributed by atoms with Crippen LogP contribution in [0.1, 0.15) is 26.2 Å². The maximum absolute atomic E-state index is 11.7. The number of rotatable bonds is 5. The summed E-state index contributed by atoms with van der Waals surface area (Å²) in [6.45, 7) is 2.38. The number of nitrogens with one attached hydrogen (secondary N) is 1. The molecule has 0 atom stereocenters. The Bertz CT molecular complexity index is 391. The molecular weight excluding hydrogens is 218 g/mol. The summed E-state index contributed by atoms with van der Waals surface area (Å²) >= 11 is 0. The van der Waals surface area contributed by atoms with Crippen LogP contribution in [-0.2, 0) is 9.59 Å². The zero-order valence-corrected chi connectivity index (χ0v) is 9.90. The minimum atomic E-state index is -0.840. The van der Waals surface area contributed by atoms with Crippen molar-refractivity contribution in [1.82, 2.24) is 5.32 Å². The molecular formula is C13H17NO3. The van der Waals surface area contributed by atoms with Crippen molar-refractivity contribution in [3.63, 3.8) is 0 Å². The van der Waals surface area contributed by atoms with Gasteiger partial charge in [-0.25, -0.2) is 0 Å². The van der Waals surface area contributed by atoms with Crippen molar-refractivity contribution in [3.8, 4) is 0 Å². The molecule has 0 fully saturated rings. The summed E-state index contributed by atoms with van der Waals surface area (Å²) in [5.74, 6) is -0.984. The number of hydrogen-bond donors (Lipinski definition) is 2. The number of carboxylic acid groups (broad SMARTS) is 1. The van der Waals surface area contributed by atoms with E-state index in [1.807, 2.05) is 25.2 Å². The van der Waals surface area contributed by atoms with Crippen molar-refractivity contribution in [2.24, 2.45) is 0 Å². The summed E-state index contributed by atoms with van der Waals surface area (Å²) in [6.07, 6.45) is 8.86. The van der Waals surface area contributed by atoms with Gasteiger partial charge in [-0.1, -0.05) is 23.8 Å². The number of carbonyl (C=O) groups excluding carboxylic acids is 1. The fourth-order valence-electron chi connectivity index (χ4n) is 1.44. The summed E-state index contributed by atoms with van der Waals surface area (Å²) in [5.41, 5.74) is 1.77. The highest BCUT2D eigenvalue weighted by Gasteiger charge is 2.06. The second-order valence-corrected chi connectivity index (χ2v) is 3.93. The van der Waals surface area contributed by atoms with Gasteiger partial charge in [-0.15, -0.1) is 0 Å². The first-order valence-electron chi connectivity index (χ1n) is 5.64. The molecule has 0 aromatic carbocycles. The first-order chi connectivity index (χ1) is 8.09. The molecule has 0 aliphatic heterocycles. The molecule has 0 aromatic rings. The van der Waals surface area contributed by atoms with E-state index in [0.29, 0.717) is 18.5 Å². The van der Waals surface area contributed by atoms with Crippen LogP contribution >= 0.6 is 0 Å². The third-order valence-electron chi connectivity index (χ3n) is 2.42. The Morgan fingerprint density at radius 3 is 2.82 bits per heavy atom. The summed E-state index contributed by atoms with van der Waals surface area (Å²) < 4.78 is 0. The van der Waals surface area contributed by atoms with Crippen LogP contribution in [-0.4, -0.2) is 23.5 Å². The lowest BCUT2D eigenvalue weighted by atomic mass is 10.2. The predicted octanol–water partition coefficient (Wildman–Crippen LogP) is 1.80. The molecule has 1 amide bonds. The molecule has 0 radical (unpaired) electrons. The monoisotopic (exact) mass is 235 g/mol. The van der Waals surface area contributed by atoms with Crippen molar-refractivity contribution in [2.45, 2.75) is 26.2 Å². The zero-order valence-electron chi connectivity index (χ0n) is 9.90. The van der Waals surface area contributed by atoms with Gasteiger partial charge in [0.1, 0.15) is 0 Å². The second-order valence-electron chi connectivity index (χ2n) is 3.93.